The highest BCUT2D eigenvalue weighted by atomic mass is 32.2. The van der Waals surface area contributed by atoms with Crippen molar-refractivity contribution in [1.29, 1.82) is 0 Å². The van der Waals surface area contributed by atoms with Gasteiger partial charge in [0.25, 0.3) is 0 Å². The number of anilines is 1. The van der Waals surface area contributed by atoms with Crippen molar-refractivity contribution in [3.05, 3.63) is 59.0 Å². The van der Waals surface area contributed by atoms with E-state index in [-0.39, 0.29) is 17.1 Å². The minimum atomic E-state index is -3.63. The zero-order valence-electron chi connectivity index (χ0n) is 18.0. The molecule has 0 radical (unpaired) electrons. The molecule has 1 aromatic heterocycles. The van der Waals surface area contributed by atoms with E-state index in [0.29, 0.717) is 30.8 Å². The van der Waals surface area contributed by atoms with Crippen molar-refractivity contribution in [2.24, 2.45) is 0 Å². The second kappa shape index (κ2) is 9.49. The number of carbonyl (C=O) groups is 1. The Labute approximate surface area is 182 Å². The lowest BCUT2D eigenvalue weighted by molar-refractivity contribution is -0.116. The summed E-state index contributed by atoms with van der Waals surface area (Å²) in [4.78, 5) is 25.7. The van der Waals surface area contributed by atoms with E-state index in [4.69, 9.17) is 0 Å². The van der Waals surface area contributed by atoms with E-state index in [2.05, 4.69) is 5.32 Å². The number of fused-ring (bicyclic) bond motifs is 1. The number of amides is 1. The number of benzene rings is 2. The maximum atomic E-state index is 12.9. The Morgan fingerprint density at radius 1 is 0.968 bits per heavy atom. The summed E-state index contributed by atoms with van der Waals surface area (Å²) in [5.41, 5.74) is 1.60. The maximum absolute atomic E-state index is 12.9. The third-order valence-electron chi connectivity index (χ3n) is 5.14. The van der Waals surface area contributed by atoms with Gasteiger partial charge in [-0.05, 0) is 36.8 Å². The van der Waals surface area contributed by atoms with Crippen LogP contribution in [0.3, 0.4) is 0 Å². The molecule has 0 saturated carbocycles. The lowest BCUT2D eigenvalue weighted by atomic mass is 10.3. The van der Waals surface area contributed by atoms with Gasteiger partial charge in [0, 0.05) is 25.3 Å². The average Bonchev–Trinajstić information content (AvgIpc) is 3.01. The lowest BCUT2D eigenvalue weighted by Crippen LogP contribution is -2.31. The highest BCUT2D eigenvalue weighted by molar-refractivity contribution is 7.89. The Hall–Kier alpha value is -2.91. The van der Waals surface area contributed by atoms with Crippen molar-refractivity contribution in [2.45, 2.75) is 45.2 Å². The van der Waals surface area contributed by atoms with Gasteiger partial charge in [-0.1, -0.05) is 39.0 Å². The van der Waals surface area contributed by atoms with Crippen LogP contribution in [0, 0.1) is 0 Å². The van der Waals surface area contributed by atoms with Crippen LogP contribution < -0.4 is 11.0 Å². The van der Waals surface area contributed by atoms with Gasteiger partial charge in [-0.3, -0.25) is 13.9 Å². The number of sulfonamides is 1. The summed E-state index contributed by atoms with van der Waals surface area (Å²) in [6, 6.07) is 13.5. The Morgan fingerprint density at radius 3 is 2.23 bits per heavy atom. The van der Waals surface area contributed by atoms with Crippen LogP contribution >= 0.6 is 0 Å². The summed E-state index contributed by atoms with van der Waals surface area (Å²) < 4.78 is 30.0. The number of nitrogens with zero attached hydrogens (tertiary/aromatic N) is 3. The molecular weight excluding hydrogens is 416 g/mol. The largest absolute Gasteiger partial charge is 0.329 e. The van der Waals surface area contributed by atoms with Crippen LogP contribution in [-0.4, -0.2) is 40.9 Å². The van der Waals surface area contributed by atoms with Crippen molar-refractivity contribution in [3.8, 4) is 0 Å². The predicted molar refractivity (Wildman–Crippen MR) is 122 cm³/mol. The van der Waals surface area contributed by atoms with Crippen molar-refractivity contribution in [3.63, 3.8) is 0 Å². The summed E-state index contributed by atoms with van der Waals surface area (Å²) in [7, 11) is -3.63. The number of hydrogen-bond donors (Lipinski definition) is 1. The molecule has 1 amide bonds. The Balaban J connectivity index is 1.86. The van der Waals surface area contributed by atoms with Crippen molar-refractivity contribution >= 4 is 32.7 Å². The molecule has 3 aromatic rings. The van der Waals surface area contributed by atoms with Gasteiger partial charge in [0.1, 0.15) is 6.54 Å². The molecule has 0 fully saturated rings. The average molecular weight is 445 g/mol. The van der Waals surface area contributed by atoms with Gasteiger partial charge >= 0.3 is 5.69 Å². The number of nitrogens with one attached hydrogen (secondary N) is 1. The Morgan fingerprint density at radius 2 is 1.61 bits per heavy atom. The van der Waals surface area contributed by atoms with E-state index in [9.17, 15) is 18.0 Å². The van der Waals surface area contributed by atoms with Crippen LogP contribution in [0.15, 0.2) is 58.2 Å². The van der Waals surface area contributed by atoms with Crippen LogP contribution in [0.5, 0.6) is 0 Å². The molecular formula is C22H28N4O4S. The predicted octanol–water partition coefficient (Wildman–Crippen LogP) is 2.88. The normalized spacial score (nSPS) is 11.9. The van der Waals surface area contributed by atoms with Gasteiger partial charge < -0.3 is 5.32 Å². The fourth-order valence-corrected chi connectivity index (χ4v) is 5.16. The molecule has 0 bridgehead atoms. The van der Waals surface area contributed by atoms with Gasteiger partial charge in [0.2, 0.25) is 15.9 Å². The lowest BCUT2D eigenvalue weighted by Gasteiger charge is -2.18. The SMILES string of the molecule is CCCn1c(=O)n(CC(=O)Nc2cccc(S(=O)(=O)N(CC)CC)c2)c2ccccc21. The summed E-state index contributed by atoms with van der Waals surface area (Å²) in [6.07, 6.45) is 0.800. The maximum Gasteiger partial charge on any atom is 0.329 e. The topological polar surface area (TPSA) is 93.4 Å². The van der Waals surface area contributed by atoms with E-state index >= 15 is 0 Å². The van der Waals surface area contributed by atoms with Crippen LogP contribution in [-0.2, 0) is 27.9 Å². The van der Waals surface area contributed by atoms with Gasteiger partial charge in [-0.25, -0.2) is 13.2 Å². The fourth-order valence-electron chi connectivity index (χ4n) is 3.66. The number of para-hydroxylation sites is 2. The fraction of sp³-hybridized carbons (Fsp3) is 0.364. The molecule has 0 aliphatic carbocycles. The van der Waals surface area contributed by atoms with E-state index in [1.807, 2.05) is 31.2 Å². The zero-order chi connectivity index (χ0) is 22.6. The standard InChI is InChI=1S/C22H28N4O4S/c1-4-14-25-19-12-7-8-13-20(19)26(22(25)28)16-21(27)23-17-10-9-11-18(15-17)31(29,30)24(5-2)6-3/h7-13,15H,4-6,14,16H2,1-3H3,(H,23,27). The van der Waals surface area contributed by atoms with Gasteiger partial charge in [-0.2, -0.15) is 4.31 Å². The van der Waals surface area contributed by atoms with Crippen molar-refractivity contribution < 1.29 is 13.2 Å². The number of carbonyl (C=O) groups excluding carboxylic acids is 1. The number of aromatic nitrogens is 2. The third-order valence-corrected chi connectivity index (χ3v) is 7.18. The van der Waals surface area contributed by atoms with Gasteiger partial charge in [-0.15, -0.1) is 0 Å². The first-order valence-electron chi connectivity index (χ1n) is 10.4. The number of imidazole rings is 1. The van der Waals surface area contributed by atoms with Gasteiger partial charge in [0.15, 0.2) is 0 Å². The second-order valence-corrected chi connectivity index (χ2v) is 9.11. The van der Waals surface area contributed by atoms with Crippen LogP contribution in [0.1, 0.15) is 27.2 Å². The summed E-state index contributed by atoms with van der Waals surface area (Å²) >= 11 is 0. The monoisotopic (exact) mass is 444 g/mol. The van der Waals surface area contributed by atoms with E-state index in [0.717, 1.165) is 11.9 Å². The molecule has 31 heavy (non-hydrogen) atoms. The molecule has 1 N–H and O–H groups in total. The highest BCUT2D eigenvalue weighted by Crippen LogP contribution is 2.20. The van der Waals surface area contributed by atoms with Crippen LogP contribution in [0.2, 0.25) is 0 Å². The first-order chi connectivity index (χ1) is 14.8. The van der Waals surface area contributed by atoms with Crippen LogP contribution in [0.4, 0.5) is 5.69 Å². The van der Waals surface area contributed by atoms with Crippen molar-refractivity contribution in [2.75, 3.05) is 18.4 Å². The molecule has 166 valence electrons. The Kier molecular flexibility index (Phi) is 6.97. The minimum absolute atomic E-state index is 0.116. The first kappa shape index (κ1) is 22.8. The molecule has 3 rings (SSSR count). The van der Waals surface area contributed by atoms with Crippen molar-refractivity contribution in [1.82, 2.24) is 13.4 Å². The second-order valence-electron chi connectivity index (χ2n) is 7.17. The molecule has 1 heterocycles. The van der Waals surface area contributed by atoms with E-state index in [1.165, 1.54) is 21.0 Å². The smallest absolute Gasteiger partial charge is 0.324 e. The van der Waals surface area contributed by atoms with Crippen LogP contribution in [0.25, 0.3) is 11.0 Å². The molecule has 0 aliphatic rings. The third kappa shape index (κ3) is 4.57. The molecule has 2 aromatic carbocycles. The van der Waals surface area contributed by atoms with E-state index in [1.54, 1.807) is 30.5 Å². The summed E-state index contributed by atoms with van der Waals surface area (Å²) in [5, 5.41) is 2.72. The molecule has 0 aliphatic heterocycles. The summed E-state index contributed by atoms with van der Waals surface area (Å²) in [5.74, 6) is -0.404. The molecule has 0 unspecified atom stereocenters. The molecule has 0 spiro atoms. The van der Waals surface area contributed by atoms with E-state index < -0.39 is 15.9 Å². The number of rotatable bonds is 9. The minimum Gasteiger partial charge on any atom is -0.324 e. The molecule has 8 nitrogen and oxygen atoms in total. The molecule has 0 atom stereocenters. The molecule has 0 saturated heterocycles. The highest BCUT2D eigenvalue weighted by Gasteiger charge is 2.22. The number of aryl methyl sites for hydroxylation is 1. The Bertz CT molecular complexity index is 1240. The molecule has 9 heteroatoms. The van der Waals surface area contributed by atoms with Gasteiger partial charge in [0.05, 0.1) is 15.9 Å². The number of hydrogen-bond acceptors (Lipinski definition) is 4. The first-order valence-corrected chi connectivity index (χ1v) is 11.9. The quantitative estimate of drug-likeness (QED) is 0.549. The zero-order valence-corrected chi connectivity index (χ0v) is 18.9. The summed E-state index contributed by atoms with van der Waals surface area (Å²) in [6.45, 7) is 6.67.